The van der Waals surface area contributed by atoms with Crippen LogP contribution in [0.2, 0.25) is 0 Å². The Kier molecular flexibility index (Phi) is 5.66. The normalized spacial score (nSPS) is 13.9. The van der Waals surface area contributed by atoms with Crippen LogP contribution < -0.4 is 5.32 Å². The van der Waals surface area contributed by atoms with Gasteiger partial charge in [0.2, 0.25) is 0 Å². The van der Waals surface area contributed by atoms with Gasteiger partial charge in [0, 0.05) is 19.3 Å². The Bertz CT molecular complexity index is 274. The molecule has 7 heteroatoms. The number of carboxylic acid groups (broad SMARTS) is 1. The quantitative estimate of drug-likeness (QED) is 0.453. The molecule has 0 aliphatic rings. The molecule has 0 aromatic carbocycles. The standard InChI is InChI=1S/C7H15NO5S/c1-14(12,13)3-2-8-5-6(9)4-7(10)11/h6,8-9H,2-5H2,1H3,(H,10,11). The molecule has 0 aliphatic carbocycles. The van der Waals surface area contributed by atoms with E-state index in [9.17, 15) is 13.2 Å². The number of carboxylic acids is 1. The lowest BCUT2D eigenvalue weighted by atomic mass is 10.2. The second-order valence-electron chi connectivity index (χ2n) is 3.09. The summed E-state index contributed by atoms with van der Waals surface area (Å²) in [7, 11) is -3.01. The minimum absolute atomic E-state index is 0.0210. The minimum atomic E-state index is -3.01. The first-order valence-electron chi connectivity index (χ1n) is 4.09. The highest BCUT2D eigenvalue weighted by molar-refractivity contribution is 7.90. The molecule has 0 spiro atoms. The molecule has 0 aromatic heterocycles. The number of sulfone groups is 1. The number of aliphatic hydroxyl groups is 1. The van der Waals surface area contributed by atoms with Crippen LogP contribution in [0.15, 0.2) is 0 Å². The monoisotopic (exact) mass is 225 g/mol. The summed E-state index contributed by atoms with van der Waals surface area (Å²) in [6.45, 7) is 0.303. The summed E-state index contributed by atoms with van der Waals surface area (Å²) in [6, 6.07) is 0. The van der Waals surface area contributed by atoms with Gasteiger partial charge < -0.3 is 15.5 Å². The van der Waals surface area contributed by atoms with Gasteiger partial charge in [0.25, 0.3) is 0 Å². The van der Waals surface area contributed by atoms with Crippen LogP contribution in [0, 0.1) is 0 Å². The summed E-state index contributed by atoms with van der Waals surface area (Å²) >= 11 is 0. The van der Waals surface area contributed by atoms with Gasteiger partial charge in [0.05, 0.1) is 18.3 Å². The third-order valence-corrected chi connectivity index (χ3v) is 2.39. The lowest BCUT2D eigenvalue weighted by Crippen LogP contribution is -2.31. The smallest absolute Gasteiger partial charge is 0.306 e. The van der Waals surface area contributed by atoms with Crippen molar-refractivity contribution < 1.29 is 23.4 Å². The Hall–Kier alpha value is -0.660. The maximum absolute atomic E-state index is 10.7. The van der Waals surface area contributed by atoms with Crippen LogP contribution in [-0.2, 0) is 14.6 Å². The highest BCUT2D eigenvalue weighted by Crippen LogP contribution is 1.89. The van der Waals surface area contributed by atoms with Gasteiger partial charge in [0.1, 0.15) is 9.84 Å². The number of aliphatic hydroxyl groups excluding tert-OH is 1. The van der Waals surface area contributed by atoms with Crippen LogP contribution in [0.1, 0.15) is 6.42 Å². The van der Waals surface area contributed by atoms with Gasteiger partial charge in [-0.25, -0.2) is 8.42 Å². The minimum Gasteiger partial charge on any atom is -0.481 e. The third kappa shape index (κ3) is 9.43. The molecule has 0 aromatic rings. The molecule has 0 fully saturated rings. The summed E-state index contributed by atoms with van der Waals surface area (Å²) in [4.78, 5) is 10.1. The lowest BCUT2D eigenvalue weighted by Gasteiger charge is -2.08. The van der Waals surface area contributed by atoms with Crippen LogP contribution in [0.25, 0.3) is 0 Å². The second-order valence-corrected chi connectivity index (χ2v) is 5.35. The van der Waals surface area contributed by atoms with Crippen molar-refractivity contribution in [3.8, 4) is 0 Å². The van der Waals surface area contributed by atoms with Crippen LogP contribution in [0.3, 0.4) is 0 Å². The molecule has 0 heterocycles. The summed E-state index contributed by atoms with van der Waals surface area (Å²) in [5, 5.41) is 20.0. The van der Waals surface area contributed by atoms with Gasteiger partial charge in [-0.2, -0.15) is 0 Å². The second kappa shape index (κ2) is 5.94. The fourth-order valence-corrected chi connectivity index (χ4v) is 1.32. The van der Waals surface area contributed by atoms with E-state index in [4.69, 9.17) is 10.2 Å². The molecule has 3 N–H and O–H groups in total. The lowest BCUT2D eigenvalue weighted by molar-refractivity contribution is -0.139. The maximum atomic E-state index is 10.7. The predicted molar refractivity (Wildman–Crippen MR) is 50.8 cm³/mol. The first-order valence-corrected chi connectivity index (χ1v) is 6.15. The van der Waals surface area contributed by atoms with Gasteiger partial charge in [-0.05, 0) is 0 Å². The van der Waals surface area contributed by atoms with E-state index >= 15 is 0 Å². The number of carbonyl (C=O) groups is 1. The summed E-state index contributed by atoms with van der Waals surface area (Å²) in [6.07, 6.45) is -0.208. The van der Waals surface area contributed by atoms with Crippen LogP contribution in [0.4, 0.5) is 0 Å². The van der Waals surface area contributed by atoms with E-state index in [0.717, 1.165) is 6.26 Å². The van der Waals surface area contributed by atoms with E-state index < -0.39 is 21.9 Å². The average Bonchev–Trinajstić information content (AvgIpc) is 1.95. The molecule has 0 radical (unpaired) electrons. The zero-order valence-electron chi connectivity index (χ0n) is 7.93. The Morgan fingerprint density at radius 3 is 2.50 bits per heavy atom. The van der Waals surface area contributed by atoms with Crippen LogP contribution >= 0.6 is 0 Å². The summed E-state index contributed by atoms with van der Waals surface area (Å²) in [5.74, 6) is -1.10. The zero-order valence-corrected chi connectivity index (χ0v) is 8.75. The average molecular weight is 225 g/mol. The molecule has 6 nitrogen and oxygen atoms in total. The molecule has 84 valence electrons. The van der Waals surface area contributed by atoms with Crippen molar-refractivity contribution in [3.05, 3.63) is 0 Å². The predicted octanol–water partition coefficient (Wildman–Crippen LogP) is -1.54. The van der Waals surface area contributed by atoms with Crippen molar-refractivity contribution >= 4 is 15.8 Å². The molecule has 14 heavy (non-hydrogen) atoms. The number of hydrogen-bond acceptors (Lipinski definition) is 5. The van der Waals surface area contributed by atoms with Gasteiger partial charge >= 0.3 is 5.97 Å². The Morgan fingerprint density at radius 2 is 2.07 bits per heavy atom. The summed E-state index contributed by atoms with van der Waals surface area (Å²) in [5.41, 5.74) is 0. The van der Waals surface area contributed by atoms with E-state index in [-0.39, 0.29) is 25.3 Å². The highest BCUT2D eigenvalue weighted by Gasteiger charge is 2.09. The SMILES string of the molecule is CS(=O)(=O)CCNCC(O)CC(=O)O. The van der Waals surface area contributed by atoms with Crippen molar-refractivity contribution in [2.75, 3.05) is 25.1 Å². The molecule has 0 amide bonds. The molecular weight excluding hydrogens is 210 g/mol. The van der Waals surface area contributed by atoms with Crippen molar-refractivity contribution in [1.82, 2.24) is 5.32 Å². The van der Waals surface area contributed by atoms with Crippen molar-refractivity contribution in [1.29, 1.82) is 0 Å². The Labute approximate surface area is 82.9 Å². The molecular formula is C7H15NO5S. The Morgan fingerprint density at radius 1 is 1.50 bits per heavy atom. The van der Waals surface area contributed by atoms with E-state index in [1.165, 1.54) is 0 Å². The summed E-state index contributed by atoms with van der Waals surface area (Å²) < 4.78 is 21.3. The molecule has 0 saturated carbocycles. The highest BCUT2D eigenvalue weighted by atomic mass is 32.2. The van der Waals surface area contributed by atoms with Gasteiger partial charge in [-0.1, -0.05) is 0 Å². The number of hydrogen-bond donors (Lipinski definition) is 3. The van der Waals surface area contributed by atoms with E-state index in [0.29, 0.717) is 0 Å². The van der Waals surface area contributed by atoms with Crippen LogP contribution in [-0.4, -0.2) is 55.8 Å². The van der Waals surface area contributed by atoms with E-state index in [1.807, 2.05) is 0 Å². The molecule has 0 bridgehead atoms. The topological polar surface area (TPSA) is 104 Å². The first kappa shape index (κ1) is 13.3. The van der Waals surface area contributed by atoms with Crippen molar-refractivity contribution in [3.63, 3.8) is 0 Å². The Balaban J connectivity index is 3.50. The fourth-order valence-electron chi connectivity index (χ4n) is 0.800. The van der Waals surface area contributed by atoms with Gasteiger partial charge in [-0.3, -0.25) is 4.79 Å². The van der Waals surface area contributed by atoms with E-state index in [2.05, 4.69) is 5.32 Å². The largest absolute Gasteiger partial charge is 0.481 e. The van der Waals surface area contributed by atoms with E-state index in [1.54, 1.807) is 0 Å². The molecule has 0 saturated heterocycles. The van der Waals surface area contributed by atoms with Crippen LogP contribution in [0.5, 0.6) is 0 Å². The number of rotatable bonds is 7. The maximum Gasteiger partial charge on any atom is 0.306 e. The molecule has 0 rings (SSSR count). The van der Waals surface area contributed by atoms with Gasteiger partial charge in [-0.15, -0.1) is 0 Å². The molecule has 0 aliphatic heterocycles. The fraction of sp³-hybridized carbons (Fsp3) is 0.857. The number of nitrogens with one attached hydrogen (secondary N) is 1. The number of aliphatic carboxylic acids is 1. The molecule has 1 atom stereocenters. The molecule has 1 unspecified atom stereocenters. The van der Waals surface area contributed by atoms with Crippen molar-refractivity contribution in [2.45, 2.75) is 12.5 Å². The van der Waals surface area contributed by atoms with Gasteiger partial charge in [0.15, 0.2) is 0 Å². The zero-order chi connectivity index (χ0) is 11.2. The van der Waals surface area contributed by atoms with Crippen molar-refractivity contribution in [2.24, 2.45) is 0 Å². The first-order chi connectivity index (χ1) is 6.31. The third-order valence-electron chi connectivity index (χ3n) is 1.44.